The number of benzene rings is 2. The maximum atomic E-state index is 11.5. The van der Waals surface area contributed by atoms with Crippen molar-refractivity contribution in [1.82, 2.24) is 0 Å². The van der Waals surface area contributed by atoms with Gasteiger partial charge in [0.25, 0.3) is 0 Å². The lowest BCUT2D eigenvalue weighted by atomic mass is 10.1. The molecule has 2 aromatic rings. The number of aryl methyl sites for hydroxylation is 2. The van der Waals surface area contributed by atoms with Crippen LogP contribution in [0, 0.1) is 6.92 Å². The SMILES string of the molecule is CCc1ccc(OCc2c(NC(=O)OC)cccc2OC)c(C)c1. The van der Waals surface area contributed by atoms with Gasteiger partial charge >= 0.3 is 6.09 Å². The predicted molar refractivity (Wildman–Crippen MR) is 93.9 cm³/mol. The van der Waals surface area contributed by atoms with Crippen molar-refractivity contribution in [2.24, 2.45) is 0 Å². The molecule has 0 aliphatic carbocycles. The maximum Gasteiger partial charge on any atom is 0.411 e. The molecule has 0 heterocycles. The molecular weight excluding hydrogens is 306 g/mol. The summed E-state index contributed by atoms with van der Waals surface area (Å²) in [5, 5.41) is 2.68. The summed E-state index contributed by atoms with van der Waals surface area (Å²) < 4.78 is 16.0. The molecule has 2 rings (SSSR count). The lowest BCUT2D eigenvalue weighted by molar-refractivity contribution is 0.187. The molecule has 2 aromatic carbocycles. The maximum absolute atomic E-state index is 11.5. The minimum absolute atomic E-state index is 0.273. The van der Waals surface area contributed by atoms with Gasteiger partial charge in [0.05, 0.1) is 25.5 Å². The number of hydrogen-bond acceptors (Lipinski definition) is 4. The lowest BCUT2D eigenvalue weighted by Gasteiger charge is -2.16. The van der Waals surface area contributed by atoms with Crippen molar-refractivity contribution in [3.05, 3.63) is 53.1 Å². The third kappa shape index (κ3) is 4.19. The number of rotatable bonds is 6. The van der Waals surface area contributed by atoms with Crippen LogP contribution in [0.2, 0.25) is 0 Å². The summed E-state index contributed by atoms with van der Waals surface area (Å²) in [5.74, 6) is 1.45. The second kappa shape index (κ2) is 8.24. The molecule has 0 radical (unpaired) electrons. The van der Waals surface area contributed by atoms with E-state index in [0.29, 0.717) is 11.4 Å². The summed E-state index contributed by atoms with van der Waals surface area (Å²) in [6.07, 6.45) is 0.453. The molecule has 5 heteroatoms. The molecule has 128 valence electrons. The molecule has 0 bridgehead atoms. The van der Waals surface area contributed by atoms with Gasteiger partial charge in [0.1, 0.15) is 18.1 Å². The summed E-state index contributed by atoms with van der Waals surface area (Å²) in [6.45, 7) is 4.41. The topological polar surface area (TPSA) is 56.8 Å². The summed E-state index contributed by atoms with van der Waals surface area (Å²) in [4.78, 5) is 11.5. The Bertz CT molecular complexity index is 713. The molecule has 24 heavy (non-hydrogen) atoms. The number of ether oxygens (including phenoxy) is 3. The van der Waals surface area contributed by atoms with Crippen LogP contribution in [0.4, 0.5) is 10.5 Å². The van der Waals surface area contributed by atoms with Crippen molar-refractivity contribution in [2.75, 3.05) is 19.5 Å². The predicted octanol–water partition coefficient (Wildman–Crippen LogP) is 4.32. The minimum atomic E-state index is -0.534. The third-order valence-electron chi connectivity index (χ3n) is 3.79. The summed E-state index contributed by atoms with van der Waals surface area (Å²) in [6, 6.07) is 11.6. The molecule has 0 saturated heterocycles. The highest BCUT2D eigenvalue weighted by Crippen LogP contribution is 2.29. The van der Waals surface area contributed by atoms with Crippen LogP contribution in [0.1, 0.15) is 23.6 Å². The van der Waals surface area contributed by atoms with Crippen LogP contribution in [0.5, 0.6) is 11.5 Å². The quantitative estimate of drug-likeness (QED) is 0.857. The highest BCUT2D eigenvalue weighted by Gasteiger charge is 2.13. The normalized spacial score (nSPS) is 10.2. The van der Waals surface area contributed by atoms with E-state index in [2.05, 4.69) is 29.1 Å². The number of carbonyl (C=O) groups excluding carboxylic acids is 1. The van der Waals surface area contributed by atoms with E-state index in [0.717, 1.165) is 23.3 Å². The van der Waals surface area contributed by atoms with Crippen molar-refractivity contribution < 1.29 is 19.0 Å². The molecule has 0 aliphatic heterocycles. The van der Waals surface area contributed by atoms with E-state index < -0.39 is 6.09 Å². The van der Waals surface area contributed by atoms with Gasteiger partial charge in [-0.25, -0.2) is 4.79 Å². The van der Waals surface area contributed by atoms with Gasteiger partial charge < -0.3 is 14.2 Å². The van der Waals surface area contributed by atoms with Crippen molar-refractivity contribution in [2.45, 2.75) is 26.9 Å². The lowest BCUT2D eigenvalue weighted by Crippen LogP contribution is -2.14. The fraction of sp³-hybridized carbons (Fsp3) is 0.316. The first-order valence-electron chi connectivity index (χ1n) is 7.82. The van der Waals surface area contributed by atoms with Gasteiger partial charge in [-0.1, -0.05) is 25.1 Å². The number of methoxy groups -OCH3 is 2. The highest BCUT2D eigenvalue weighted by atomic mass is 16.5. The number of nitrogens with one attached hydrogen (secondary N) is 1. The first kappa shape index (κ1) is 17.7. The van der Waals surface area contributed by atoms with Gasteiger partial charge in [0, 0.05) is 0 Å². The Morgan fingerprint density at radius 2 is 1.92 bits per heavy atom. The van der Waals surface area contributed by atoms with Gasteiger partial charge in [-0.05, 0) is 42.7 Å². The minimum Gasteiger partial charge on any atom is -0.496 e. The Balaban J connectivity index is 2.23. The van der Waals surface area contributed by atoms with Crippen LogP contribution in [0.25, 0.3) is 0 Å². The smallest absolute Gasteiger partial charge is 0.411 e. The van der Waals surface area contributed by atoms with Gasteiger partial charge in [0.2, 0.25) is 0 Å². The zero-order valence-corrected chi connectivity index (χ0v) is 14.5. The van der Waals surface area contributed by atoms with Crippen LogP contribution < -0.4 is 14.8 Å². The van der Waals surface area contributed by atoms with E-state index in [-0.39, 0.29) is 6.61 Å². The standard InChI is InChI=1S/C19H23NO4/c1-5-14-9-10-17(13(2)11-14)24-12-15-16(20-19(21)23-4)7-6-8-18(15)22-3/h6-11H,5,12H2,1-4H3,(H,20,21). The second-order valence-electron chi connectivity index (χ2n) is 5.35. The summed E-state index contributed by atoms with van der Waals surface area (Å²) in [5.41, 5.74) is 3.70. The van der Waals surface area contributed by atoms with E-state index in [1.165, 1.54) is 12.7 Å². The van der Waals surface area contributed by atoms with Crippen LogP contribution in [-0.2, 0) is 17.8 Å². The average Bonchev–Trinajstić information content (AvgIpc) is 2.60. The van der Waals surface area contributed by atoms with E-state index in [1.807, 2.05) is 19.1 Å². The Hall–Kier alpha value is -2.69. The fourth-order valence-electron chi connectivity index (χ4n) is 2.43. The monoisotopic (exact) mass is 329 g/mol. The third-order valence-corrected chi connectivity index (χ3v) is 3.79. The molecule has 0 unspecified atom stereocenters. The highest BCUT2D eigenvalue weighted by molar-refractivity contribution is 5.86. The van der Waals surface area contributed by atoms with Crippen molar-refractivity contribution in [1.29, 1.82) is 0 Å². The zero-order valence-electron chi connectivity index (χ0n) is 14.5. The van der Waals surface area contributed by atoms with E-state index >= 15 is 0 Å². The van der Waals surface area contributed by atoms with Gasteiger partial charge in [-0.15, -0.1) is 0 Å². The largest absolute Gasteiger partial charge is 0.496 e. The van der Waals surface area contributed by atoms with Crippen LogP contribution in [-0.4, -0.2) is 20.3 Å². The van der Waals surface area contributed by atoms with E-state index in [4.69, 9.17) is 9.47 Å². The molecule has 1 N–H and O–H groups in total. The molecule has 0 saturated carbocycles. The summed E-state index contributed by atoms with van der Waals surface area (Å²) in [7, 11) is 2.91. The van der Waals surface area contributed by atoms with Gasteiger partial charge in [-0.3, -0.25) is 5.32 Å². The molecule has 0 spiro atoms. The first-order valence-corrected chi connectivity index (χ1v) is 7.82. The zero-order chi connectivity index (χ0) is 17.5. The van der Waals surface area contributed by atoms with Gasteiger partial charge in [0.15, 0.2) is 0 Å². The van der Waals surface area contributed by atoms with Crippen molar-refractivity contribution >= 4 is 11.8 Å². The Labute approximate surface area is 142 Å². The van der Waals surface area contributed by atoms with Gasteiger partial charge in [-0.2, -0.15) is 0 Å². The van der Waals surface area contributed by atoms with E-state index in [1.54, 1.807) is 19.2 Å². The molecule has 5 nitrogen and oxygen atoms in total. The van der Waals surface area contributed by atoms with Crippen LogP contribution >= 0.6 is 0 Å². The van der Waals surface area contributed by atoms with Crippen molar-refractivity contribution in [3.8, 4) is 11.5 Å². The second-order valence-corrected chi connectivity index (χ2v) is 5.35. The van der Waals surface area contributed by atoms with Crippen LogP contribution in [0.3, 0.4) is 0 Å². The molecule has 0 fully saturated rings. The number of anilines is 1. The molecule has 0 aliphatic rings. The number of carbonyl (C=O) groups is 1. The van der Waals surface area contributed by atoms with E-state index in [9.17, 15) is 4.79 Å². The van der Waals surface area contributed by atoms with Crippen LogP contribution in [0.15, 0.2) is 36.4 Å². The summed E-state index contributed by atoms with van der Waals surface area (Å²) >= 11 is 0. The Morgan fingerprint density at radius 1 is 1.12 bits per heavy atom. The molecule has 0 atom stereocenters. The van der Waals surface area contributed by atoms with Crippen molar-refractivity contribution in [3.63, 3.8) is 0 Å². The first-order chi connectivity index (χ1) is 11.6. The Morgan fingerprint density at radius 3 is 2.54 bits per heavy atom. The number of amides is 1. The number of hydrogen-bond donors (Lipinski definition) is 1. The Kier molecular flexibility index (Phi) is 6.07. The molecule has 0 aromatic heterocycles. The molecule has 1 amide bonds. The fourth-order valence-corrected chi connectivity index (χ4v) is 2.43. The average molecular weight is 329 g/mol. The molecular formula is C19H23NO4.